The van der Waals surface area contributed by atoms with Gasteiger partial charge in [0.25, 0.3) is 5.91 Å². The Morgan fingerprint density at radius 3 is 2.47 bits per heavy atom. The summed E-state index contributed by atoms with van der Waals surface area (Å²) in [5.41, 5.74) is 1.22. The normalized spacial score (nSPS) is 12.0. The highest BCUT2D eigenvalue weighted by atomic mass is 32.2. The molecule has 4 aromatic rings. The van der Waals surface area contributed by atoms with Crippen LogP contribution >= 0.6 is 11.3 Å². The van der Waals surface area contributed by atoms with Gasteiger partial charge in [0.1, 0.15) is 0 Å². The number of hydrogen-bond donors (Lipinski definition) is 1. The molecule has 0 unspecified atom stereocenters. The fraction of sp³-hybridized carbons (Fsp3) is 0.250. The monoisotopic (exact) mass is 467 g/mol. The summed E-state index contributed by atoms with van der Waals surface area (Å²) in [7, 11) is -3.57. The number of anilines is 1. The van der Waals surface area contributed by atoms with E-state index in [1.54, 1.807) is 24.3 Å². The van der Waals surface area contributed by atoms with Gasteiger partial charge in [0.15, 0.2) is 5.13 Å². The molecular formula is C24H25N3O3S2. The lowest BCUT2D eigenvalue weighted by atomic mass is 10.0. The maximum absolute atomic E-state index is 13.1. The molecule has 1 heterocycles. The Labute approximate surface area is 191 Å². The van der Waals surface area contributed by atoms with Gasteiger partial charge in [-0.2, -0.15) is 4.31 Å². The van der Waals surface area contributed by atoms with Crippen LogP contribution in [0.2, 0.25) is 0 Å². The predicted molar refractivity (Wildman–Crippen MR) is 131 cm³/mol. The number of thiazole rings is 1. The van der Waals surface area contributed by atoms with Crippen molar-refractivity contribution in [2.45, 2.75) is 31.6 Å². The lowest BCUT2D eigenvalue weighted by Gasteiger charge is -2.20. The number of carbonyl (C=O) groups is 1. The highest BCUT2D eigenvalue weighted by Crippen LogP contribution is 2.30. The van der Waals surface area contributed by atoms with Crippen LogP contribution in [0.5, 0.6) is 0 Å². The molecule has 4 rings (SSSR count). The fourth-order valence-electron chi connectivity index (χ4n) is 3.71. The van der Waals surface area contributed by atoms with Gasteiger partial charge in [0, 0.05) is 18.7 Å². The first-order valence-corrected chi connectivity index (χ1v) is 12.9. The van der Waals surface area contributed by atoms with Crippen LogP contribution in [0.25, 0.3) is 21.0 Å². The van der Waals surface area contributed by atoms with E-state index in [2.05, 4.69) is 10.3 Å². The zero-order chi connectivity index (χ0) is 22.7. The van der Waals surface area contributed by atoms with Crippen molar-refractivity contribution in [3.05, 3.63) is 66.2 Å². The van der Waals surface area contributed by atoms with E-state index < -0.39 is 10.0 Å². The molecule has 1 aromatic heterocycles. The van der Waals surface area contributed by atoms with Crippen molar-refractivity contribution >= 4 is 53.4 Å². The molecule has 8 heteroatoms. The molecule has 166 valence electrons. The molecule has 6 nitrogen and oxygen atoms in total. The van der Waals surface area contributed by atoms with Gasteiger partial charge in [-0.25, -0.2) is 13.4 Å². The van der Waals surface area contributed by atoms with Gasteiger partial charge >= 0.3 is 0 Å². The van der Waals surface area contributed by atoms with Gasteiger partial charge in [-0.1, -0.05) is 61.6 Å². The summed E-state index contributed by atoms with van der Waals surface area (Å²) in [4.78, 5) is 17.6. The van der Waals surface area contributed by atoms with Crippen molar-refractivity contribution in [2.75, 3.05) is 18.4 Å². The van der Waals surface area contributed by atoms with Crippen LogP contribution in [0.3, 0.4) is 0 Å². The summed E-state index contributed by atoms with van der Waals surface area (Å²) < 4.78 is 28.4. The number of carbonyl (C=O) groups excluding carboxylic acids is 1. The third-order valence-corrected chi connectivity index (χ3v) is 8.03. The lowest BCUT2D eigenvalue weighted by molar-refractivity contribution is 0.102. The van der Waals surface area contributed by atoms with Crippen molar-refractivity contribution in [2.24, 2.45) is 0 Å². The lowest BCUT2D eigenvalue weighted by Crippen LogP contribution is -2.32. The number of aromatic nitrogens is 1. The number of sulfonamides is 1. The van der Waals surface area contributed by atoms with Gasteiger partial charge in [0.05, 0.1) is 15.1 Å². The Morgan fingerprint density at radius 1 is 1.00 bits per heavy atom. The first-order chi connectivity index (χ1) is 15.4. The minimum Gasteiger partial charge on any atom is -0.298 e. The Kier molecular flexibility index (Phi) is 6.55. The van der Waals surface area contributed by atoms with Crippen molar-refractivity contribution in [3.63, 3.8) is 0 Å². The van der Waals surface area contributed by atoms with Crippen LogP contribution in [-0.2, 0) is 10.0 Å². The average molecular weight is 468 g/mol. The minimum absolute atomic E-state index is 0.245. The molecular weight excluding hydrogens is 442 g/mol. The Morgan fingerprint density at radius 2 is 1.72 bits per heavy atom. The van der Waals surface area contributed by atoms with Gasteiger partial charge in [-0.3, -0.25) is 10.1 Å². The Balaban J connectivity index is 1.62. The number of benzene rings is 3. The SMILES string of the molecule is CCCN(CCC)S(=O)(=O)c1ccc2nc(NC(=O)c3cccc4ccccc34)sc2c1. The predicted octanol–water partition coefficient (Wildman–Crippen LogP) is 5.51. The second-order valence-electron chi connectivity index (χ2n) is 7.53. The van der Waals surface area contributed by atoms with Crippen LogP contribution in [0.15, 0.2) is 65.6 Å². The quantitative estimate of drug-likeness (QED) is 0.370. The second kappa shape index (κ2) is 9.36. The molecule has 0 saturated heterocycles. The number of nitrogens with zero attached hydrogens (tertiary/aromatic N) is 2. The highest BCUT2D eigenvalue weighted by molar-refractivity contribution is 7.89. The molecule has 0 fully saturated rings. The molecule has 0 radical (unpaired) electrons. The molecule has 3 aromatic carbocycles. The van der Waals surface area contributed by atoms with E-state index in [9.17, 15) is 13.2 Å². The van der Waals surface area contributed by atoms with E-state index in [0.717, 1.165) is 23.6 Å². The van der Waals surface area contributed by atoms with E-state index in [1.807, 2.05) is 50.2 Å². The van der Waals surface area contributed by atoms with E-state index in [4.69, 9.17) is 0 Å². The van der Waals surface area contributed by atoms with E-state index in [1.165, 1.54) is 15.6 Å². The molecule has 1 N–H and O–H groups in total. The smallest absolute Gasteiger partial charge is 0.258 e. The van der Waals surface area contributed by atoms with Crippen molar-refractivity contribution < 1.29 is 13.2 Å². The molecule has 1 amide bonds. The Bertz CT molecular complexity index is 1370. The molecule has 32 heavy (non-hydrogen) atoms. The third kappa shape index (κ3) is 4.39. The molecule has 0 aliphatic rings. The summed E-state index contributed by atoms with van der Waals surface area (Å²) in [5, 5.41) is 5.16. The van der Waals surface area contributed by atoms with Crippen LogP contribution in [0, 0.1) is 0 Å². The maximum Gasteiger partial charge on any atom is 0.258 e. The average Bonchev–Trinajstić information content (AvgIpc) is 3.20. The second-order valence-corrected chi connectivity index (χ2v) is 10.5. The summed E-state index contributed by atoms with van der Waals surface area (Å²) >= 11 is 1.27. The van der Waals surface area contributed by atoms with Gasteiger partial charge in [-0.15, -0.1) is 0 Å². The highest BCUT2D eigenvalue weighted by Gasteiger charge is 2.24. The number of hydrogen-bond acceptors (Lipinski definition) is 5. The zero-order valence-electron chi connectivity index (χ0n) is 18.0. The molecule has 0 saturated carbocycles. The van der Waals surface area contributed by atoms with Crippen LogP contribution in [0.4, 0.5) is 5.13 Å². The summed E-state index contributed by atoms with van der Waals surface area (Å²) in [6.07, 6.45) is 1.51. The standard InChI is InChI=1S/C24H25N3O3S2/c1-3-14-27(15-4-2)32(29,30)18-12-13-21-22(16-18)31-24(25-21)26-23(28)20-11-7-9-17-8-5-6-10-19(17)20/h5-13,16H,3-4,14-15H2,1-2H3,(H,25,26,28). The summed E-state index contributed by atoms with van der Waals surface area (Å²) in [5.74, 6) is -0.245. The largest absolute Gasteiger partial charge is 0.298 e. The van der Waals surface area contributed by atoms with E-state index >= 15 is 0 Å². The van der Waals surface area contributed by atoms with Crippen LogP contribution < -0.4 is 5.32 Å². The minimum atomic E-state index is -3.57. The number of fused-ring (bicyclic) bond motifs is 2. The first kappa shape index (κ1) is 22.4. The summed E-state index contributed by atoms with van der Waals surface area (Å²) in [6.45, 7) is 4.91. The van der Waals surface area contributed by atoms with Crippen molar-refractivity contribution in [1.82, 2.24) is 9.29 Å². The number of rotatable bonds is 8. The summed E-state index contributed by atoms with van der Waals surface area (Å²) in [6, 6.07) is 18.3. The van der Waals surface area contributed by atoms with Crippen LogP contribution in [-0.4, -0.2) is 36.7 Å². The topological polar surface area (TPSA) is 79.4 Å². The van der Waals surface area contributed by atoms with Gasteiger partial charge < -0.3 is 0 Å². The van der Waals surface area contributed by atoms with Crippen molar-refractivity contribution in [1.29, 1.82) is 0 Å². The number of amides is 1. The zero-order valence-corrected chi connectivity index (χ0v) is 19.7. The van der Waals surface area contributed by atoms with Gasteiger partial charge in [-0.05, 0) is 47.9 Å². The third-order valence-electron chi connectivity index (χ3n) is 5.20. The van der Waals surface area contributed by atoms with E-state index in [-0.39, 0.29) is 10.8 Å². The molecule has 0 spiro atoms. The maximum atomic E-state index is 13.1. The number of nitrogens with one attached hydrogen (secondary N) is 1. The fourth-order valence-corrected chi connectivity index (χ4v) is 6.33. The van der Waals surface area contributed by atoms with Gasteiger partial charge in [0.2, 0.25) is 10.0 Å². The van der Waals surface area contributed by atoms with Crippen molar-refractivity contribution in [3.8, 4) is 0 Å². The molecule has 0 aliphatic heterocycles. The van der Waals surface area contributed by atoms with E-state index in [0.29, 0.717) is 34.0 Å². The molecule has 0 aliphatic carbocycles. The molecule has 0 bridgehead atoms. The molecule has 0 atom stereocenters. The van der Waals surface area contributed by atoms with Crippen LogP contribution in [0.1, 0.15) is 37.0 Å². The first-order valence-electron chi connectivity index (χ1n) is 10.6. The Hall–Kier alpha value is -2.81.